The van der Waals surface area contributed by atoms with Crippen LogP contribution >= 0.6 is 11.8 Å². The highest BCUT2D eigenvalue weighted by Crippen LogP contribution is 2.17. The van der Waals surface area contributed by atoms with Crippen molar-refractivity contribution < 1.29 is 13.9 Å². The number of furan rings is 1. The number of hydrogen-bond donors (Lipinski definition) is 1. The molecule has 1 amide bonds. The van der Waals surface area contributed by atoms with E-state index in [4.69, 9.17) is 9.15 Å². The molecule has 4 nitrogen and oxygen atoms in total. The van der Waals surface area contributed by atoms with E-state index in [-0.39, 0.29) is 5.91 Å². The van der Waals surface area contributed by atoms with Crippen molar-refractivity contribution in [3.63, 3.8) is 0 Å². The fourth-order valence-electron chi connectivity index (χ4n) is 2.35. The minimum Gasteiger partial charge on any atom is -0.467 e. The van der Waals surface area contributed by atoms with Gasteiger partial charge in [-0.05, 0) is 60.4 Å². The Balaban J connectivity index is 1.57. The van der Waals surface area contributed by atoms with Gasteiger partial charge >= 0.3 is 0 Å². The molecule has 3 rings (SSSR count). The molecule has 1 N–H and O–H groups in total. The zero-order chi connectivity index (χ0) is 17.5. The van der Waals surface area contributed by atoms with Crippen LogP contribution in [-0.2, 0) is 18.0 Å². The summed E-state index contributed by atoms with van der Waals surface area (Å²) in [7, 11) is 0. The minimum atomic E-state index is -0.124. The van der Waals surface area contributed by atoms with E-state index in [1.54, 1.807) is 18.0 Å². The Labute approximate surface area is 151 Å². The number of amides is 1. The van der Waals surface area contributed by atoms with Crippen molar-refractivity contribution in [2.45, 2.75) is 18.1 Å². The maximum atomic E-state index is 12.3. The standard InChI is InChI=1S/C20H19NO3S/c1-25-19-9-7-16(8-10-19)20(22)21-17-5-2-4-15(12-17)13-23-14-18-6-3-11-24-18/h2-12H,13-14H2,1H3,(H,21,22). The van der Waals surface area contributed by atoms with Crippen LogP contribution < -0.4 is 5.32 Å². The Hall–Kier alpha value is -2.50. The molecule has 5 heteroatoms. The Morgan fingerprint density at radius 2 is 1.92 bits per heavy atom. The summed E-state index contributed by atoms with van der Waals surface area (Å²) in [6, 6.07) is 18.9. The molecule has 0 spiro atoms. The molecular formula is C20H19NO3S. The van der Waals surface area contributed by atoms with Crippen molar-refractivity contribution in [1.29, 1.82) is 0 Å². The summed E-state index contributed by atoms with van der Waals surface area (Å²) in [5, 5.41) is 2.92. The van der Waals surface area contributed by atoms with Crippen molar-refractivity contribution >= 4 is 23.4 Å². The largest absolute Gasteiger partial charge is 0.467 e. The van der Waals surface area contributed by atoms with Gasteiger partial charge in [0.05, 0.1) is 12.9 Å². The highest BCUT2D eigenvalue weighted by Gasteiger charge is 2.06. The third-order valence-electron chi connectivity index (χ3n) is 3.63. The van der Waals surface area contributed by atoms with Gasteiger partial charge in [-0.1, -0.05) is 12.1 Å². The molecule has 128 valence electrons. The highest BCUT2D eigenvalue weighted by molar-refractivity contribution is 7.98. The van der Waals surface area contributed by atoms with Gasteiger partial charge in [-0.3, -0.25) is 4.79 Å². The fourth-order valence-corrected chi connectivity index (χ4v) is 2.76. The monoisotopic (exact) mass is 353 g/mol. The molecule has 0 unspecified atom stereocenters. The van der Waals surface area contributed by atoms with Crippen LogP contribution in [0.3, 0.4) is 0 Å². The van der Waals surface area contributed by atoms with Gasteiger partial charge in [0.2, 0.25) is 0 Å². The maximum Gasteiger partial charge on any atom is 0.255 e. The molecule has 0 radical (unpaired) electrons. The third kappa shape index (κ3) is 4.98. The van der Waals surface area contributed by atoms with Crippen molar-refractivity contribution in [1.82, 2.24) is 0 Å². The van der Waals surface area contributed by atoms with E-state index in [1.807, 2.05) is 66.9 Å². The number of ether oxygens (including phenoxy) is 1. The van der Waals surface area contributed by atoms with Gasteiger partial charge < -0.3 is 14.5 Å². The predicted molar refractivity (Wildman–Crippen MR) is 99.8 cm³/mol. The summed E-state index contributed by atoms with van der Waals surface area (Å²) in [6.45, 7) is 0.873. The number of thioether (sulfide) groups is 1. The molecule has 0 fully saturated rings. The molecule has 1 heterocycles. The molecule has 0 saturated heterocycles. The molecule has 0 aliphatic rings. The van der Waals surface area contributed by atoms with E-state index < -0.39 is 0 Å². The maximum absolute atomic E-state index is 12.3. The zero-order valence-electron chi connectivity index (χ0n) is 13.9. The van der Waals surface area contributed by atoms with Gasteiger partial charge in [0.15, 0.2) is 0 Å². The third-order valence-corrected chi connectivity index (χ3v) is 4.37. The number of anilines is 1. The molecule has 0 aliphatic carbocycles. The number of carbonyl (C=O) groups is 1. The van der Waals surface area contributed by atoms with Crippen LogP contribution in [0, 0.1) is 0 Å². The Morgan fingerprint density at radius 1 is 1.08 bits per heavy atom. The number of benzene rings is 2. The van der Waals surface area contributed by atoms with Crippen molar-refractivity contribution in [2.24, 2.45) is 0 Å². The van der Waals surface area contributed by atoms with Crippen LogP contribution in [0.15, 0.2) is 76.2 Å². The predicted octanol–water partition coefficient (Wildman–Crippen LogP) is 4.97. The summed E-state index contributed by atoms with van der Waals surface area (Å²) in [5.74, 6) is 0.666. The van der Waals surface area contributed by atoms with Gasteiger partial charge in [0, 0.05) is 16.1 Å². The second kappa shape index (κ2) is 8.55. The second-order valence-electron chi connectivity index (χ2n) is 5.46. The van der Waals surface area contributed by atoms with Crippen LogP contribution in [0.4, 0.5) is 5.69 Å². The molecule has 0 bridgehead atoms. The summed E-state index contributed by atoms with van der Waals surface area (Å²) in [4.78, 5) is 13.5. The summed E-state index contributed by atoms with van der Waals surface area (Å²) < 4.78 is 10.9. The lowest BCUT2D eigenvalue weighted by Crippen LogP contribution is -2.11. The molecule has 0 aliphatic heterocycles. The van der Waals surface area contributed by atoms with Crippen LogP contribution in [0.5, 0.6) is 0 Å². The van der Waals surface area contributed by atoms with Crippen molar-refractivity contribution in [2.75, 3.05) is 11.6 Å². The molecule has 0 saturated carbocycles. The van der Waals surface area contributed by atoms with E-state index in [1.165, 1.54) is 0 Å². The highest BCUT2D eigenvalue weighted by atomic mass is 32.2. The lowest BCUT2D eigenvalue weighted by Gasteiger charge is -2.08. The Morgan fingerprint density at radius 3 is 2.64 bits per heavy atom. The number of carbonyl (C=O) groups excluding carboxylic acids is 1. The lowest BCUT2D eigenvalue weighted by molar-refractivity contribution is 0.0929. The van der Waals surface area contributed by atoms with E-state index in [9.17, 15) is 4.79 Å². The van der Waals surface area contributed by atoms with E-state index in [0.29, 0.717) is 18.8 Å². The minimum absolute atomic E-state index is 0.124. The number of rotatable bonds is 7. The van der Waals surface area contributed by atoms with Gasteiger partial charge in [-0.15, -0.1) is 11.8 Å². The topological polar surface area (TPSA) is 51.5 Å². The molecule has 3 aromatic rings. The second-order valence-corrected chi connectivity index (χ2v) is 6.33. The summed E-state index contributed by atoms with van der Waals surface area (Å²) in [5.41, 5.74) is 2.37. The number of hydrogen-bond acceptors (Lipinski definition) is 4. The molecule has 1 aromatic heterocycles. The first-order valence-electron chi connectivity index (χ1n) is 7.89. The van der Waals surface area contributed by atoms with Gasteiger partial charge in [-0.25, -0.2) is 0 Å². The quantitative estimate of drug-likeness (QED) is 0.609. The molecule has 0 atom stereocenters. The fraction of sp³-hybridized carbons (Fsp3) is 0.150. The van der Waals surface area contributed by atoms with Gasteiger partial charge in [0.1, 0.15) is 12.4 Å². The average molecular weight is 353 g/mol. The zero-order valence-corrected chi connectivity index (χ0v) is 14.7. The smallest absolute Gasteiger partial charge is 0.255 e. The Kier molecular flexibility index (Phi) is 5.93. The van der Waals surface area contributed by atoms with Gasteiger partial charge in [0.25, 0.3) is 5.91 Å². The van der Waals surface area contributed by atoms with E-state index in [0.717, 1.165) is 21.9 Å². The first-order chi connectivity index (χ1) is 12.2. The first-order valence-corrected chi connectivity index (χ1v) is 9.11. The van der Waals surface area contributed by atoms with Crippen LogP contribution in [0.2, 0.25) is 0 Å². The normalized spacial score (nSPS) is 10.6. The van der Waals surface area contributed by atoms with Gasteiger partial charge in [-0.2, -0.15) is 0 Å². The Bertz CT molecular complexity index is 813. The lowest BCUT2D eigenvalue weighted by atomic mass is 10.2. The van der Waals surface area contributed by atoms with E-state index >= 15 is 0 Å². The van der Waals surface area contributed by atoms with Crippen molar-refractivity contribution in [3.05, 3.63) is 83.8 Å². The summed E-state index contributed by atoms with van der Waals surface area (Å²) >= 11 is 1.65. The van der Waals surface area contributed by atoms with E-state index in [2.05, 4.69) is 5.32 Å². The number of nitrogens with one attached hydrogen (secondary N) is 1. The van der Waals surface area contributed by atoms with Crippen molar-refractivity contribution in [3.8, 4) is 0 Å². The SMILES string of the molecule is CSc1ccc(C(=O)Nc2cccc(COCc3ccco3)c2)cc1. The summed E-state index contributed by atoms with van der Waals surface area (Å²) in [6.07, 6.45) is 3.63. The van der Waals surface area contributed by atoms with Crippen LogP contribution in [0.25, 0.3) is 0 Å². The van der Waals surface area contributed by atoms with Crippen LogP contribution in [-0.4, -0.2) is 12.2 Å². The average Bonchev–Trinajstić information content (AvgIpc) is 3.15. The van der Waals surface area contributed by atoms with Crippen LogP contribution in [0.1, 0.15) is 21.7 Å². The first kappa shape index (κ1) is 17.3. The molecule has 2 aromatic carbocycles. The molecular weight excluding hydrogens is 334 g/mol. The molecule has 25 heavy (non-hydrogen) atoms.